The van der Waals surface area contributed by atoms with Gasteiger partial charge in [0.25, 0.3) is 0 Å². The molecule has 0 bridgehead atoms. The van der Waals surface area contributed by atoms with Crippen molar-refractivity contribution in [1.29, 1.82) is 0 Å². The van der Waals surface area contributed by atoms with Crippen molar-refractivity contribution in [2.45, 2.75) is 13.8 Å². The zero-order valence-corrected chi connectivity index (χ0v) is 8.08. The molecule has 0 aromatic rings. The fourth-order valence-corrected chi connectivity index (χ4v) is 1.93. The van der Waals surface area contributed by atoms with Gasteiger partial charge < -0.3 is 0 Å². The lowest BCUT2D eigenvalue weighted by Gasteiger charge is -2.07. The topological polar surface area (TPSA) is 3.24 Å². The van der Waals surface area contributed by atoms with Crippen molar-refractivity contribution in [2.75, 3.05) is 24.7 Å². The van der Waals surface area contributed by atoms with Crippen molar-refractivity contribution in [2.24, 2.45) is 5.92 Å². The summed E-state index contributed by atoms with van der Waals surface area (Å²) in [6, 6.07) is 0. The van der Waals surface area contributed by atoms with Gasteiger partial charge in [-0.2, -0.15) is 0 Å². The third-order valence-electron chi connectivity index (χ3n) is 1.52. The van der Waals surface area contributed by atoms with Crippen LogP contribution in [0.3, 0.4) is 0 Å². The Morgan fingerprint density at radius 3 is 2.91 bits per heavy atom. The van der Waals surface area contributed by atoms with Gasteiger partial charge in [0.15, 0.2) is 0 Å². The molecule has 1 aliphatic heterocycles. The maximum absolute atomic E-state index is 3.19. The Kier molecular flexibility index (Phi) is 3.82. The number of nitrogens with zero attached hydrogens (tertiary/aromatic N) is 1. The highest BCUT2D eigenvalue weighted by Gasteiger charge is 2.08. The number of hydrogen-bond donors (Lipinski definition) is 0. The normalized spacial score (nSPS) is 18.5. The van der Waals surface area contributed by atoms with Gasteiger partial charge in [-0.05, 0) is 0 Å². The van der Waals surface area contributed by atoms with Gasteiger partial charge in [-0.1, -0.05) is 25.7 Å². The van der Waals surface area contributed by atoms with Crippen molar-refractivity contribution < 1.29 is 0 Å². The number of rotatable bonds is 1. The molecule has 1 saturated heterocycles. The zero-order chi connectivity index (χ0) is 8.10. The lowest BCUT2D eigenvalue weighted by molar-refractivity contribution is 0.402. The van der Waals surface area contributed by atoms with Gasteiger partial charge in [-0.25, -0.2) is 0 Å². The van der Waals surface area contributed by atoms with Crippen LogP contribution in [0.25, 0.3) is 0 Å². The summed E-state index contributed by atoms with van der Waals surface area (Å²) >= 11 is 2.00. The van der Waals surface area contributed by atoms with Gasteiger partial charge in [0, 0.05) is 24.1 Å². The number of thioether (sulfide) groups is 1. The maximum atomic E-state index is 3.19. The van der Waals surface area contributed by atoms with E-state index in [-0.39, 0.29) is 0 Å². The van der Waals surface area contributed by atoms with Gasteiger partial charge >= 0.3 is 0 Å². The largest absolute Gasteiger partial charge is 0.282 e. The summed E-state index contributed by atoms with van der Waals surface area (Å²) in [5.41, 5.74) is 0. The first-order valence-electron chi connectivity index (χ1n) is 4.07. The predicted molar refractivity (Wildman–Crippen MR) is 51.5 cm³/mol. The van der Waals surface area contributed by atoms with Crippen LogP contribution in [-0.4, -0.2) is 29.6 Å². The van der Waals surface area contributed by atoms with Gasteiger partial charge in [-0.15, -0.1) is 11.8 Å². The van der Waals surface area contributed by atoms with E-state index in [1.54, 1.807) is 0 Å². The van der Waals surface area contributed by atoms with E-state index in [1.165, 1.54) is 18.2 Å². The standard InChI is InChI=1S/C9H15NS/c1-9(2)4-3-5-10-6-7-11-8-10/h9H,5-8H2,1-2H3. The first-order chi connectivity index (χ1) is 5.29. The van der Waals surface area contributed by atoms with E-state index < -0.39 is 0 Å². The molecule has 62 valence electrons. The van der Waals surface area contributed by atoms with Crippen molar-refractivity contribution in [3.8, 4) is 11.8 Å². The summed E-state index contributed by atoms with van der Waals surface area (Å²) in [6.07, 6.45) is 0. The van der Waals surface area contributed by atoms with E-state index in [1.807, 2.05) is 11.8 Å². The van der Waals surface area contributed by atoms with Crippen LogP contribution in [0.15, 0.2) is 0 Å². The monoisotopic (exact) mass is 169 g/mol. The maximum Gasteiger partial charge on any atom is 0.0609 e. The Morgan fingerprint density at radius 1 is 1.55 bits per heavy atom. The quantitative estimate of drug-likeness (QED) is 0.549. The Labute approximate surface area is 73.5 Å². The Bertz CT molecular complexity index is 160. The molecule has 0 aromatic heterocycles. The van der Waals surface area contributed by atoms with E-state index in [0.29, 0.717) is 5.92 Å². The predicted octanol–water partition coefficient (Wildman–Crippen LogP) is 1.65. The highest BCUT2D eigenvalue weighted by atomic mass is 32.2. The molecule has 1 rings (SSSR count). The molecule has 0 spiro atoms. The molecule has 0 N–H and O–H groups in total. The van der Waals surface area contributed by atoms with Crippen LogP contribution in [0.1, 0.15) is 13.8 Å². The zero-order valence-electron chi connectivity index (χ0n) is 7.26. The van der Waals surface area contributed by atoms with E-state index >= 15 is 0 Å². The second-order valence-electron chi connectivity index (χ2n) is 3.07. The average molecular weight is 169 g/mol. The molecule has 0 radical (unpaired) electrons. The van der Waals surface area contributed by atoms with Crippen LogP contribution in [0.4, 0.5) is 0 Å². The molecule has 2 heteroatoms. The van der Waals surface area contributed by atoms with Crippen molar-refractivity contribution >= 4 is 11.8 Å². The summed E-state index contributed by atoms with van der Waals surface area (Å²) in [5.74, 6) is 9.33. The number of hydrogen-bond acceptors (Lipinski definition) is 2. The van der Waals surface area contributed by atoms with Crippen LogP contribution < -0.4 is 0 Å². The molecule has 0 unspecified atom stereocenters. The third kappa shape index (κ3) is 3.69. The summed E-state index contributed by atoms with van der Waals surface area (Å²) in [6.45, 7) is 6.44. The summed E-state index contributed by atoms with van der Waals surface area (Å²) in [4.78, 5) is 2.39. The van der Waals surface area contributed by atoms with E-state index in [9.17, 15) is 0 Å². The molecule has 1 heterocycles. The second-order valence-corrected chi connectivity index (χ2v) is 4.14. The SMILES string of the molecule is CC(C)C#CCN1CCSC1. The van der Waals surface area contributed by atoms with Crippen LogP contribution in [0, 0.1) is 17.8 Å². The Morgan fingerprint density at radius 2 is 2.36 bits per heavy atom. The van der Waals surface area contributed by atoms with Crippen LogP contribution in [0.5, 0.6) is 0 Å². The molecule has 0 saturated carbocycles. The first-order valence-corrected chi connectivity index (χ1v) is 5.23. The molecule has 1 fully saturated rings. The third-order valence-corrected chi connectivity index (χ3v) is 2.54. The van der Waals surface area contributed by atoms with E-state index in [0.717, 1.165) is 6.54 Å². The molecule has 0 atom stereocenters. The van der Waals surface area contributed by atoms with Gasteiger partial charge in [0.2, 0.25) is 0 Å². The molecule has 11 heavy (non-hydrogen) atoms. The molecule has 0 aromatic carbocycles. The molecule has 1 aliphatic rings. The summed E-state index contributed by atoms with van der Waals surface area (Å²) in [7, 11) is 0. The summed E-state index contributed by atoms with van der Waals surface area (Å²) in [5, 5.41) is 0. The molecular formula is C9H15NS. The Hall–Kier alpha value is -0.130. The molecule has 0 aliphatic carbocycles. The van der Waals surface area contributed by atoms with Crippen molar-refractivity contribution in [3.05, 3.63) is 0 Å². The fourth-order valence-electron chi connectivity index (χ4n) is 0.938. The fraction of sp³-hybridized carbons (Fsp3) is 0.778. The molecule has 1 nitrogen and oxygen atoms in total. The Balaban J connectivity index is 2.16. The van der Waals surface area contributed by atoms with E-state index in [4.69, 9.17) is 0 Å². The van der Waals surface area contributed by atoms with Crippen LogP contribution >= 0.6 is 11.8 Å². The second kappa shape index (κ2) is 4.69. The minimum atomic E-state index is 0.519. The molecular weight excluding hydrogens is 154 g/mol. The minimum absolute atomic E-state index is 0.519. The van der Waals surface area contributed by atoms with Crippen LogP contribution in [-0.2, 0) is 0 Å². The van der Waals surface area contributed by atoms with Gasteiger partial charge in [0.1, 0.15) is 0 Å². The first kappa shape index (κ1) is 8.96. The van der Waals surface area contributed by atoms with Crippen molar-refractivity contribution in [1.82, 2.24) is 4.90 Å². The lowest BCUT2D eigenvalue weighted by Crippen LogP contribution is -2.19. The lowest BCUT2D eigenvalue weighted by atomic mass is 10.2. The average Bonchev–Trinajstić information content (AvgIpc) is 2.39. The molecule has 0 amide bonds. The van der Waals surface area contributed by atoms with Gasteiger partial charge in [-0.3, -0.25) is 4.90 Å². The summed E-state index contributed by atoms with van der Waals surface area (Å²) < 4.78 is 0. The van der Waals surface area contributed by atoms with Gasteiger partial charge in [0.05, 0.1) is 6.54 Å². The van der Waals surface area contributed by atoms with Crippen LogP contribution in [0.2, 0.25) is 0 Å². The smallest absolute Gasteiger partial charge is 0.0609 e. The van der Waals surface area contributed by atoms with E-state index in [2.05, 4.69) is 30.6 Å². The highest BCUT2D eigenvalue weighted by molar-refractivity contribution is 7.99. The highest BCUT2D eigenvalue weighted by Crippen LogP contribution is 2.11. The minimum Gasteiger partial charge on any atom is -0.282 e. The van der Waals surface area contributed by atoms with Crippen molar-refractivity contribution in [3.63, 3.8) is 0 Å².